The summed E-state index contributed by atoms with van der Waals surface area (Å²) in [6.45, 7) is -0.289. The molecule has 0 saturated heterocycles. The first-order valence-electron chi connectivity index (χ1n) is 4.41. The Morgan fingerprint density at radius 1 is 1.27 bits per heavy atom. The molecule has 0 spiro atoms. The van der Waals surface area contributed by atoms with Gasteiger partial charge < -0.3 is 21.3 Å². The summed E-state index contributed by atoms with van der Waals surface area (Å²) in [5.41, 5.74) is 5.00. The van der Waals surface area contributed by atoms with E-state index in [-0.39, 0.29) is 25.8 Å². The summed E-state index contributed by atoms with van der Waals surface area (Å²) in [7, 11) is 0. The highest BCUT2D eigenvalue weighted by Crippen LogP contribution is 2.01. The zero-order valence-electron chi connectivity index (χ0n) is 8.10. The van der Waals surface area contributed by atoms with Gasteiger partial charge in [-0.2, -0.15) is 0 Å². The summed E-state index contributed by atoms with van der Waals surface area (Å²) in [4.78, 5) is 31.6. The Hall–Kier alpha value is -1.63. The lowest BCUT2D eigenvalue weighted by molar-refractivity contribution is -0.142. The lowest BCUT2D eigenvalue weighted by atomic mass is 10.1. The van der Waals surface area contributed by atoms with Gasteiger partial charge in [0.2, 0.25) is 5.91 Å². The number of amides is 1. The molecule has 1 amide bonds. The van der Waals surface area contributed by atoms with Crippen molar-refractivity contribution in [1.82, 2.24) is 5.32 Å². The fraction of sp³-hybridized carbons (Fsp3) is 0.625. The smallest absolute Gasteiger partial charge is 0.326 e. The highest BCUT2D eigenvalue weighted by atomic mass is 16.4. The predicted octanol–water partition coefficient (Wildman–Crippen LogP) is -1.23. The van der Waals surface area contributed by atoms with Crippen molar-refractivity contribution in [2.24, 2.45) is 5.73 Å². The Labute approximate surface area is 86.3 Å². The summed E-state index contributed by atoms with van der Waals surface area (Å²) in [6.07, 6.45) is 0.146. The molecule has 0 heterocycles. The van der Waals surface area contributed by atoms with Gasteiger partial charge in [-0.25, -0.2) is 4.79 Å². The second-order valence-electron chi connectivity index (χ2n) is 2.95. The minimum absolute atomic E-state index is 0.0768. The number of carbonyl (C=O) groups is 3. The first kappa shape index (κ1) is 13.4. The van der Waals surface area contributed by atoms with E-state index in [9.17, 15) is 14.4 Å². The quantitative estimate of drug-likeness (QED) is 0.423. The summed E-state index contributed by atoms with van der Waals surface area (Å²) >= 11 is 0. The highest BCUT2D eigenvalue weighted by Gasteiger charge is 2.18. The molecule has 0 aromatic carbocycles. The SMILES string of the molecule is NCC(=O)NC(CCCC(=O)O)C(=O)O. The molecule has 0 aliphatic carbocycles. The van der Waals surface area contributed by atoms with Crippen LogP contribution in [0.15, 0.2) is 0 Å². The third-order valence-electron chi connectivity index (χ3n) is 1.70. The number of nitrogens with one attached hydrogen (secondary N) is 1. The molecule has 0 radical (unpaired) electrons. The van der Waals surface area contributed by atoms with Gasteiger partial charge in [0.1, 0.15) is 6.04 Å². The van der Waals surface area contributed by atoms with Crippen LogP contribution in [0.2, 0.25) is 0 Å². The van der Waals surface area contributed by atoms with Gasteiger partial charge in [-0.3, -0.25) is 9.59 Å². The summed E-state index contributed by atoms with van der Waals surface area (Å²) < 4.78 is 0. The molecule has 0 aliphatic rings. The van der Waals surface area contributed by atoms with Crippen LogP contribution < -0.4 is 11.1 Å². The van der Waals surface area contributed by atoms with Gasteiger partial charge >= 0.3 is 11.9 Å². The molecule has 0 saturated carbocycles. The molecule has 0 aliphatic heterocycles. The van der Waals surface area contributed by atoms with Gasteiger partial charge in [-0.15, -0.1) is 0 Å². The monoisotopic (exact) mass is 218 g/mol. The van der Waals surface area contributed by atoms with Gasteiger partial charge in [0.15, 0.2) is 0 Å². The van der Waals surface area contributed by atoms with Crippen LogP contribution in [0.25, 0.3) is 0 Å². The van der Waals surface area contributed by atoms with Gasteiger partial charge in [0.25, 0.3) is 0 Å². The van der Waals surface area contributed by atoms with Gasteiger partial charge in [0.05, 0.1) is 6.54 Å². The van der Waals surface area contributed by atoms with E-state index < -0.39 is 23.9 Å². The van der Waals surface area contributed by atoms with E-state index in [1.54, 1.807) is 0 Å². The fourth-order valence-corrected chi connectivity index (χ4v) is 0.968. The number of rotatable bonds is 7. The number of carboxylic acids is 2. The van der Waals surface area contributed by atoms with Crippen molar-refractivity contribution in [3.05, 3.63) is 0 Å². The molecule has 7 nitrogen and oxygen atoms in total. The van der Waals surface area contributed by atoms with E-state index >= 15 is 0 Å². The zero-order valence-corrected chi connectivity index (χ0v) is 8.10. The Morgan fingerprint density at radius 2 is 1.87 bits per heavy atom. The molecule has 7 heteroatoms. The van der Waals surface area contributed by atoms with E-state index in [4.69, 9.17) is 15.9 Å². The normalized spacial score (nSPS) is 11.8. The first-order valence-corrected chi connectivity index (χ1v) is 4.41. The predicted molar refractivity (Wildman–Crippen MR) is 50.1 cm³/mol. The van der Waals surface area contributed by atoms with E-state index in [0.29, 0.717) is 0 Å². The number of carbonyl (C=O) groups excluding carboxylic acids is 1. The summed E-state index contributed by atoms with van der Waals surface area (Å²) in [6, 6.07) is -1.07. The van der Waals surface area contributed by atoms with Crippen molar-refractivity contribution in [3.8, 4) is 0 Å². The Kier molecular flexibility index (Phi) is 6.03. The molecular weight excluding hydrogens is 204 g/mol. The van der Waals surface area contributed by atoms with Crippen molar-refractivity contribution >= 4 is 17.8 Å². The zero-order chi connectivity index (χ0) is 11.8. The summed E-state index contributed by atoms with van der Waals surface area (Å²) in [5, 5.41) is 19.2. The van der Waals surface area contributed by atoms with Crippen LogP contribution in [-0.2, 0) is 14.4 Å². The average molecular weight is 218 g/mol. The molecule has 1 unspecified atom stereocenters. The maximum Gasteiger partial charge on any atom is 0.326 e. The molecule has 0 fully saturated rings. The Bertz CT molecular complexity index is 253. The number of hydrogen-bond donors (Lipinski definition) is 4. The maximum atomic E-state index is 10.8. The van der Waals surface area contributed by atoms with Crippen molar-refractivity contribution < 1.29 is 24.6 Å². The summed E-state index contributed by atoms with van der Waals surface area (Å²) in [5.74, 6) is -2.76. The Balaban J connectivity index is 4.00. The second kappa shape index (κ2) is 6.77. The highest BCUT2D eigenvalue weighted by molar-refractivity contribution is 5.84. The average Bonchev–Trinajstić information content (AvgIpc) is 2.15. The van der Waals surface area contributed by atoms with Gasteiger partial charge in [-0.1, -0.05) is 0 Å². The molecule has 0 bridgehead atoms. The van der Waals surface area contributed by atoms with Crippen LogP contribution in [0.4, 0.5) is 0 Å². The Morgan fingerprint density at radius 3 is 2.27 bits per heavy atom. The third kappa shape index (κ3) is 6.44. The van der Waals surface area contributed by atoms with Gasteiger partial charge in [-0.05, 0) is 12.8 Å². The minimum atomic E-state index is -1.19. The molecule has 1 atom stereocenters. The van der Waals surface area contributed by atoms with Crippen LogP contribution in [0.5, 0.6) is 0 Å². The number of hydrogen-bond acceptors (Lipinski definition) is 4. The number of aliphatic carboxylic acids is 2. The second-order valence-corrected chi connectivity index (χ2v) is 2.95. The van der Waals surface area contributed by atoms with Crippen LogP contribution >= 0.6 is 0 Å². The molecule has 0 aromatic rings. The fourth-order valence-electron chi connectivity index (χ4n) is 0.968. The standard InChI is InChI=1S/C8H14N2O5/c9-4-6(11)10-5(8(14)15)2-1-3-7(12)13/h5H,1-4,9H2,(H,10,11)(H,12,13)(H,14,15). The van der Waals surface area contributed by atoms with E-state index in [1.807, 2.05) is 0 Å². The van der Waals surface area contributed by atoms with Crippen molar-refractivity contribution in [3.63, 3.8) is 0 Å². The maximum absolute atomic E-state index is 10.8. The molecule has 0 aromatic heterocycles. The molecular formula is C8H14N2O5. The molecule has 0 rings (SSSR count). The molecule has 15 heavy (non-hydrogen) atoms. The molecule has 86 valence electrons. The number of nitrogens with two attached hydrogens (primary N) is 1. The largest absolute Gasteiger partial charge is 0.481 e. The van der Waals surface area contributed by atoms with E-state index in [1.165, 1.54) is 0 Å². The van der Waals surface area contributed by atoms with Crippen LogP contribution in [-0.4, -0.2) is 40.6 Å². The topological polar surface area (TPSA) is 130 Å². The minimum Gasteiger partial charge on any atom is -0.481 e. The van der Waals surface area contributed by atoms with E-state index in [0.717, 1.165) is 0 Å². The third-order valence-corrected chi connectivity index (χ3v) is 1.70. The van der Waals surface area contributed by atoms with Crippen molar-refractivity contribution in [1.29, 1.82) is 0 Å². The molecule has 5 N–H and O–H groups in total. The van der Waals surface area contributed by atoms with Crippen LogP contribution in [0.1, 0.15) is 19.3 Å². The lowest BCUT2D eigenvalue weighted by Gasteiger charge is -2.12. The van der Waals surface area contributed by atoms with Crippen LogP contribution in [0.3, 0.4) is 0 Å². The van der Waals surface area contributed by atoms with Crippen molar-refractivity contribution in [2.75, 3.05) is 6.54 Å². The van der Waals surface area contributed by atoms with Crippen LogP contribution in [0, 0.1) is 0 Å². The first-order chi connectivity index (χ1) is 6.97. The van der Waals surface area contributed by atoms with Crippen molar-refractivity contribution in [2.45, 2.75) is 25.3 Å². The lowest BCUT2D eigenvalue weighted by Crippen LogP contribution is -2.43. The number of carboxylic acid groups (broad SMARTS) is 2. The van der Waals surface area contributed by atoms with Gasteiger partial charge in [0, 0.05) is 6.42 Å². The van der Waals surface area contributed by atoms with E-state index in [2.05, 4.69) is 5.32 Å².